The molecule has 5 aliphatic rings. The quantitative estimate of drug-likeness (QED) is 0.388. The van der Waals surface area contributed by atoms with Crippen molar-refractivity contribution in [3.63, 3.8) is 0 Å². The molecule has 33 heavy (non-hydrogen) atoms. The molecule has 0 aromatic heterocycles. The summed E-state index contributed by atoms with van der Waals surface area (Å²) in [5.74, 6) is 5.33. The average molecular weight is 474 g/mol. The van der Waals surface area contributed by atoms with E-state index in [2.05, 4.69) is 54.3 Å². The molecule has 6 N–H and O–H groups in total. The maximum Gasteiger partial charge on any atom is 0.0482 e. The highest BCUT2D eigenvalue weighted by Crippen LogP contribution is 2.79. The largest absolute Gasteiger partial charge is 0.327 e. The Kier molecular flexibility index (Phi) is 5.47. The lowest BCUT2D eigenvalue weighted by atomic mass is 9.36. The van der Waals surface area contributed by atoms with E-state index >= 15 is 0 Å². The van der Waals surface area contributed by atoms with Gasteiger partial charge in [-0.05, 0) is 102 Å². The molecule has 4 fully saturated rings. The molecule has 5 rings (SSSR count). The molecule has 0 bridgehead atoms. The zero-order chi connectivity index (χ0) is 24.2. The first-order valence-electron chi connectivity index (χ1n) is 14.1. The standard InChI is InChI=1S/C29H52N3P/c1-8-20-9-13-25(5)21(18(20)2)10-14-27(7)26(6)16-15-24(4)12-11-22(30)19(3)28(24,31)23(26)17-33-29(25,27)32/h17-22,33H,8-16,30-32H2,1-7H3/t18-,19-,20?,21?,22?,24?,25?,26-,27?,28?,29-/m1/s1. The summed E-state index contributed by atoms with van der Waals surface area (Å²) in [5, 5.41) is -0.141. The highest BCUT2D eigenvalue weighted by molar-refractivity contribution is 7.43. The third-order valence-electron chi connectivity index (χ3n) is 13.7. The summed E-state index contributed by atoms with van der Waals surface area (Å²) < 4.78 is 0. The lowest BCUT2D eigenvalue weighted by molar-refractivity contribution is -0.152. The second-order valence-electron chi connectivity index (χ2n) is 14.2. The molecule has 1 heterocycles. The first-order chi connectivity index (χ1) is 15.3. The second kappa shape index (κ2) is 7.30. The van der Waals surface area contributed by atoms with Crippen molar-refractivity contribution in [2.45, 2.75) is 123 Å². The van der Waals surface area contributed by atoms with Crippen LogP contribution in [-0.4, -0.2) is 16.9 Å². The molecule has 0 radical (unpaired) electrons. The van der Waals surface area contributed by atoms with Crippen LogP contribution in [0.2, 0.25) is 0 Å². The van der Waals surface area contributed by atoms with Gasteiger partial charge in [-0.1, -0.05) is 69.3 Å². The zero-order valence-electron chi connectivity index (χ0n) is 22.6. The van der Waals surface area contributed by atoms with E-state index in [1.165, 1.54) is 44.9 Å². The Labute approximate surface area is 205 Å². The Morgan fingerprint density at radius 3 is 2.30 bits per heavy atom. The monoisotopic (exact) mass is 473 g/mol. The van der Waals surface area contributed by atoms with E-state index < -0.39 is 0 Å². The van der Waals surface area contributed by atoms with E-state index in [1.807, 2.05) is 0 Å². The summed E-state index contributed by atoms with van der Waals surface area (Å²) in [6.45, 7) is 17.5. The van der Waals surface area contributed by atoms with Crippen LogP contribution >= 0.6 is 8.58 Å². The molecule has 188 valence electrons. The summed E-state index contributed by atoms with van der Waals surface area (Å²) in [6, 6.07) is 0.199. The first kappa shape index (κ1) is 24.7. The van der Waals surface area contributed by atoms with Crippen molar-refractivity contribution in [2.75, 3.05) is 0 Å². The Hall–Kier alpha value is 0.0500. The van der Waals surface area contributed by atoms with E-state index in [-0.39, 0.29) is 38.5 Å². The molecule has 0 aromatic carbocycles. The van der Waals surface area contributed by atoms with Crippen LogP contribution in [-0.2, 0) is 0 Å². The number of nitrogens with two attached hydrogens (primary N) is 3. The minimum absolute atomic E-state index is 0.0609. The fraction of sp³-hybridized carbons (Fsp3) is 0.931. The van der Waals surface area contributed by atoms with Crippen molar-refractivity contribution in [3.8, 4) is 0 Å². The highest BCUT2D eigenvalue weighted by Gasteiger charge is 2.74. The Morgan fingerprint density at radius 1 is 0.939 bits per heavy atom. The lowest BCUT2D eigenvalue weighted by Gasteiger charge is -2.75. The van der Waals surface area contributed by atoms with Crippen molar-refractivity contribution in [2.24, 2.45) is 62.5 Å². The second-order valence-corrected chi connectivity index (χ2v) is 15.6. The predicted octanol–water partition coefficient (Wildman–Crippen LogP) is 6.36. The first-order valence-corrected chi connectivity index (χ1v) is 15.2. The Bertz CT molecular complexity index is 858. The minimum Gasteiger partial charge on any atom is -0.327 e. The number of hydrogen-bond donors (Lipinski definition) is 3. The number of fused-ring (bicyclic) bond motifs is 7. The van der Waals surface area contributed by atoms with Crippen molar-refractivity contribution in [3.05, 3.63) is 11.4 Å². The van der Waals surface area contributed by atoms with Gasteiger partial charge >= 0.3 is 0 Å². The molecule has 8 unspecified atom stereocenters. The van der Waals surface area contributed by atoms with Crippen LogP contribution in [0, 0.1) is 45.3 Å². The maximum atomic E-state index is 7.84. The molecule has 3 nitrogen and oxygen atoms in total. The molecule has 4 aliphatic carbocycles. The van der Waals surface area contributed by atoms with Crippen LogP contribution in [0.5, 0.6) is 0 Å². The van der Waals surface area contributed by atoms with Crippen LogP contribution in [0.4, 0.5) is 0 Å². The van der Waals surface area contributed by atoms with E-state index in [0.717, 1.165) is 30.6 Å². The smallest absolute Gasteiger partial charge is 0.0482 e. The van der Waals surface area contributed by atoms with Gasteiger partial charge in [0.15, 0.2) is 0 Å². The van der Waals surface area contributed by atoms with E-state index in [9.17, 15) is 0 Å². The fourth-order valence-corrected chi connectivity index (χ4v) is 13.0. The van der Waals surface area contributed by atoms with Crippen LogP contribution in [0.3, 0.4) is 0 Å². The summed E-state index contributed by atoms with van der Waals surface area (Å²) in [4.78, 5) is 0. The molecule has 4 saturated carbocycles. The van der Waals surface area contributed by atoms with Gasteiger partial charge < -0.3 is 17.2 Å². The van der Waals surface area contributed by atoms with Crippen LogP contribution in [0.25, 0.3) is 0 Å². The minimum atomic E-state index is -0.306. The Morgan fingerprint density at radius 2 is 1.64 bits per heavy atom. The van der Waals surface area contributed by atoms with E-state index in [4.69, 9.17) is 17.2 Å². The number of rotatable bonds is 1. The fourth-order valence-electron chi connectivity index (χ4n) is 10.7. The van der Waals surface area contributed by atoms with Crippen molar-refractivity contribution < 1.29 is 0 Å². The SMILES string of the molecule is CCC1CCC2(C)C(CCC3(C)[C@]2(N)PC=C2C4(N)[C@H](C)C(N)CCC4(C)CC[C@]23C)[C@@H]1C. The summed E-state index contributed by atoms with van der Waals surface area (Å²) in [7, 11) is 0.658. The van der Waals surface area contributed by atoms with Gasteiger partial charge in [0.25, 0.3) is 0 Å². The average Bonchev–Trinajstić information content (AvgIpc) is 2.76. The molecule has 1 aliphatic heterocycles. The zero-order valence-corrected chi connectivity index (χ0v) is 23.6. The lowest BCUT2D eigenvalue weighted by Crippen LogP contribution is -2.77. The van der Waals surface area contributed by atoms with Gasteiger partial charge in [0, 0.05) is 16.9 Å². The molecule has 12 atom stereocenters. The van der Waals surface area contributed by atoms with E-state index in [1.54, 1.807) is 5.57 Å². The summed E-state index contributed by atoms with van der Waals surface area (Å²) in [5.41, 5.74) is 23.9. The number of hydrogen-bond acceptors (Lipinski definition) is 3. The molecule has 0 saturated heterocycles. The van der Waals surface area contributed by atoms with Gasteiger partial charge in [-0.25, -0.2) is 0 Å². The molecule has 0 spiro atoms. The molecule has 0 amide bonds. The molecular formula is C29H52N3P. The predicted molar refractivity (Wildman–Crippen MR) is 143 cm³/mol. The third-order valence-corrected chi connectivity index (χ3v) is 15.8. The highest BCUT2D eigenvalue weighted by atomic mass is 31.1. The molecule has 0 aromatic rings. The Balaban J connectivity index is 1.65. The van der Waals surface area contributed by atoms with Gasteiger partial charge in [0.1, 0.15) is 0 Å². The van der Waals surface area contributed by atoms with Gasteiger partial charge in [-0.2, -0.15) is 0 Å². The third kappa shape index (κ3) is 2.62. The van der Waals surface area contributed by atoms with Crippen molar-refractivity contribution in [1.29, 1.82) is 0 Å². The maximum absolute atomic E-state index is 7.84. The normalized spacial score (nSPS) is 61.4. The molecular weight excluding hydrogens is 421 g/mol. The summed E-state index contributed by atoms with van der Waals surface area (Å²) in [6.07, 6.45) is 11.2. The van der Waals surface area contributed by atoms with Crippen LogP contribution in [0.1, 0.15) is 106 Å². The van der Waals surface area contributed by atoms with Crippen molar-refractivity contribution in [1.82, 2.24) is 0 Å². The van der Waals surface area contributed by atoms with Crippen molar-refractivity contribution >= 4 is 8.58 Å². The topological polar surface area (TPSA) is 78.1 Å². The van der Waals surface area contributed by atoms with Gasteiger partial charge in [-0.3, -0.25) is 0 Å². The van der Waals surface area contributed by atoms with Crippen LogP contribution in [0.15, 0.2) is 11.4 Å². The van der Waals surface area contributed by atoms with Crippen LogP contribution < -0.4 is 17.2 Å². The molecule has 4 heteroatoms. The van der Waals surface area contributed by atoms with Gasteiger partial charge in [0.2, 0.25) is 0 Å². The summed E-state index contributed by atoms with van der Waals surface area (Å²) >= 11 is 0. The van der Waals surface area contributed by atoms with E-state index in [0.29, 0.717) is 14.5 Å². The van der Waals surface area contributed by atoms with Gasteiger partial charge in [0.05, 0.1) is 0 Å². The van der Waals surface area contributed by atoms with Gasteiger partial charge in [-0.15, -0.1) is 0 Å².